The molecule has 2 aromatic rings. The molecule has 0 aliphatic carbocycles. The van der Waals surface area contributed by atoms with Crippen LogP contribution in [-0.2, 0) is 6.54 Å². The number of imidazole rings is 1. The Balaban J connectivity index is 1.49. The van der Waals surface area contributed by atoms with Crippen LogP contribution >= 0.6 is 0 Å². The second kappa shape index (κ2) is 5.74. The third-order valence-electron chi connectivity index (χ3n) is 3.19. The van der Waals surface area contributed by atoms with Crippen molar-refractivity contribution in [3.05, 3.63) is 36.4 Å². The van der Waals surface area contributed by atoms with Gasteiger partial charge in [-0.25, -0.2) is 9.78 Å². The quantitative estimate of drug-likeness (QED) is 0.898. The van der Waals surface area contributed by atoms with Crippen molar-refractivity contribution >= 4 is 11.7 Å². The van der Waals surface area contributed by atoms with E-state index in [9.17, 15) is 4.79 Å². The summed E-state index contributed by atoms with van der Waals surface area (Å²) in [5.74, 6) is 2.26. The standard InChI is InChI=1S/C14H16N4O3/c1-10-15-4-6-18(10)7-5-16-14(19)17-11-2-3-12-13(8-11)21-9-20-12/h2-4,6,8H,5,7,9H2,1H3,(H2,16,17,19). The fourth-order valence-electron chi connectivity index (χ4n) is 2.08. The molecule has 0 radical (unpaired) electrons. The van der Waals surface area contributed by atoms with E-state index < -0.39 is 0 Å². The average Bonchev–Trinajstić information content (AvgIpc) is 3.07. The number of hydrogen-bond donors (Lipinski definition) is 2. The number of carbonyl (C=O) groups is 1. The number of urea groups is 1. The van der Waals surface area contributed by atoms with E-state index in [1.54, 1.807) is 24.4 Å². The first-order valence-electron chi connectivity index (χ1n) is 6.64. The maximum atomic E-state index is 11.8. The third-order valence-corrected chi connectivity index (χ3v) is 3.19. The normalized spacial score (nSPS) is 12.2. The molecular formula is C14H16N4O3. The van der Waals surface area contributed by atoms with Crippen molar-refractivity contribution in [3.8, 4) is 11.5 Å². The van der Waals surface area contributed by atoms with Gasteiger partial charge in [0.25, 0.3) is 0 Å². The van der Waals surface area contributed by atoms with Crippen LogP contribution < -0.4 is 20.1 Å². The van der Waals surface area contributed by atoms with Crippen LogP contribution in [0.15, 0.2) is 30.6 Å². The van der Waals surface area contributed by atoms with Crippen LogP contribution in [0.1, 0.15) is 5.82 Å². The van der Waals surface area contributed by atoms with E-state index in [1.165, 1.54) is 0 Å². The Hall–Kier alpha value is -2.70. The van der Waals surface area contributed by atoms with Crippen molar-refractivity contribution in [2.24, 2.45) is 0 Å². The molecule has 0 saturated heterocycles. The summed E-state index contributed by atoms with van der Waals surface area (Å²) < 4.78 is 12.4. The topological polar surface area (TPSA) is 77.4 Å². The molecule has 7 nitrogen and oxygen atoms in total. The molecule has 1 aliphatic rings. The number of rotatable bonds is 4. The molecule has 1 aliphatic heterocycles. The first-order valence-corrected chi connectivity index (χ1v) is 6.64. The van der Waals surface area contributed by atoms with Gasteiger partial charge in [0.05, 0.1) is 0 Å². The maximum Gasteiger partial charge on any atom is 0.319 e. The fourth-order valence-corrected chi connectivity index (χ4v) is 2.08. The van der Waals surface area contributed by atoms with Crippen molar-refractivity contribution in [1.82, 2.24) is 14.9 Å². The molecule has 0 bridgehead atoms. The smallest absolute Gasteiger partial charge is 0.319 e. The Morgan fingerprint density at radius 1 is 1.38 bits per heavy atom. The Morgan fingerprint density at radius 3 is 3.05 bits per heavy atom. The predicted molar refractivity (Wildman–Crippen MR) is 76.6 cm³/mol. The molecule has 1 aromatic heterocycles. The molecule has 7 heteroatoms. The number of nitrogens with zero attached hydrogens (tertiary/aromatic N) is 2. The van der Waals surface area contributed by atoms with Gasteiger partial charge >= 0.3 is 6.03 Å². The van der Waals surface area contributed by atoms with Gasteiger partial charge in [0.1, 0.15) is 5.82 Å². The average molecular weight is 288 g/mol. The third kappa shape index (κ3) is 3.07. The lowest BCUT2D eigenvalue weighted by Crippen LogP contribution is -2.31. The second-order valence-corrected chi connectivity index (χ2v) is 4.62. The number of hydrogen-bond acceptors (Lipinski definition) is 4. The first-order chi connectivity index (χ1) is 10.2. The Morgan fingerprint density at radius 2 is 2.24 bits per heavy atom. The highest BCUT2D eigenvalue weighted by atomic mass is 16.7. The summed E-state index contributed by atoms with van der Waals surface area (Å²) in [7, 11) is 0. The number of benzene rings is 1. The molecule has 0 saturated carbocycles. The number of amides is 2. The van der Waals surface area contributed by atoms with Crippen LogP contribution in [0.4, 0.5) is 10.5 Å². The number of anilines is 1. The molecule has 0 spiro atoms. The molecule has 0 atom stereocenters. The molecule has 2 heterocycles. The number of nitrogens with one attached hydrogen (secondary N) is 2. The van der Waals surface area contributed by atoms with E-state index in [2.05, 4.69) is 15.6 Å². The summed E-state index contributed by atoms with van der Waals surface area (Å²) in [5, 5.41) is 5.55. The van der Waals surface area contributed by atoms with Gasteiger partial charge in [-0.1, -0.05) is 0 Å². The monoisotopic (exact) mass is 288 g/mol. The number of aryl methyl sites for hydroxylation is 1. The Kier molecular flexibility index (Phi) is 3.63. The second-order valence-electron chi connectivity index (χ2n) is 4.62. The first kappa shape index (κ1) is 13.3. The van der Waals surface area contributed by atoms with E-state index in [4.69, 9.17) is 9.47 Å². The number of carbonyl (C=O) groups excluding carboxylic acids is 1. The van der Waals surface area contributed by atoms with Crippen molar-refractivity contribution < 1.29 is 14.3 Å². The molecule has 3 rings (SSSR count). The molecule has 0 unspecified atom stereocenters. The fraction of sp³-hybridized carbons (Fsp3) is 0.286. The lowest BCUT2D eigenvalue weighted by Gasteiger charge is -2.09. The molecule has 2 amide bonds. The van der Waals surface area contributed by atoms with Crippen molar-refractivity contribution in [2.45, 2.75) is 13.5 Å². The molecule has 0 fully saturated rings. The van der Waals surface area contributed by atoms with Crippen LogP contribution in [0, 0.1) is 6.92 Å². The van der Waals surface area contributed by atoms with Gasteiger partial charge in [0, 0.05) is 37.2 Å². The lowest BCUT2D eigenvalue weighted by molar-refractivity contribution is 0.174. The number of fused-ring (bicyclic) bond motifs is 1. The van der Waals surface area contributed by atoms with Crippen LogP contribution in [-0.4, -0.2) is 28.9 Å². The molecular weight excluding hydrogens is 272 g/mol. The van der Waals surface area contributed by atoms with Crippen molar-refractivity contribution in [2.75, 3.05) is 18.7 Å². The van der Waals surface area contributed by atoms with E-state index in [1.807, 2.05) is 17.7 Å². The van der Waals surface area contributed by atoms with Crippen molar-refractivity contribution in [1.29, 1.82) is 0 Å². The van der Waals surface area contributed by atoms with E-state index in [-0.39, 0.29) is 12.8 Å². The number of ether oxygens (including phenoxy) is 2. The zero-order chi connectivity index (χ0) is 14.7. The Bertz CT molecular complexity index is 653. The minimum absolute atomic E-state index is 0.217. The van der Waals surface area contributed by atoms with Crippen molar-refractivity contribution in [3.63, 3.8) is 0 Å². The molecule has 2 N–H and O–H groups in total. The summed E-state index contributed by atoms with van der Waals surface area (Å²) in [6, 6.07) is 5.02. The number of aromatic nitrogens is 2. The van der Waals surface area contributed by atoms with Gasteiger partial charge in [-0.3, -0.25) is 0 Å². The summed E-state index contributed by atoms with van der Waals surface area (Å²) >= 11 is 0. The van der Waals surface area contributed by atoms with Gasteiger partial charge < -0.3 is 24.7 Å². The lowest BCUT2D eigenvalue weighted by atomic mass is 10.3. The van der Waals surface area contributed by atoms with E-state index in [0.717, 1.165) is 5.82 Å². The van der Waals surface area contributed by atoms with Crippen LogP contribution in [0.25, 0.3) is 0 Å². The predicted octanol–water partition coefficient (Wildman–Crippen LogP) is 1.74. The largest absolute Gasteiger partial charge is 0.454 e. The molecule has 110 valence electrons. The van der Waals surface area contributed by atoms with Gasteiger partial charge in [0.2, 0.25) is 6.79 Å². The van der Waals surface area contributed by atoms with Gasteiger partial charge in [-0.05, 0) is 19.1 Å². The highest BCUT2D eigenvalue weighted by Crippen LogP contribution is 2.34. The Labute approximate surface area is 121 Å². The zero-order valence-corrected chi connectivity index (χ0v) is 11.6. The maximum absolute atomic E-state index is 11.8. The van der Waals surface area contributed by atoms with Gasteiger partial charge in [0.15, 0.2) is 11.5 Å². The van der Waals surface area contributed by atoms with E-state index in [0.29, 0.717) is 30.3 Å². The van der Waals surface area contributed by atoms with Gasteiger partial charge in [-0.15, -0.1) is 0 Å². The minimum Gasteiger partial charge on any atom is -0.454 e. The summed E-state index contributed by atoms with van der Waals surface area (Å²) in [6.45, 7) is 3.34. The summed E-state index contributed by atoms with van der Waals surface area (Å²) in [5.41, 5.74) is 0.663. The minimum atomic E-state index is -0.258. The highest BCUT2D eigenvalue weighted by Gasteiger charge is 2.13. The van der Waals surface area contributed by atoms with Crippen LogP contribution in [0.3, 0.4) is 0 Å². The van der Waals surface area contributed by atoms with Crippen LogP contribution in [0.5, 0.6) is 11.5 Å². The zero-order valence-electron chi connectivity index (χ0n) is 11.6. The molecule has 1 aromatic carbocycles. The SMILES string of the molecule is Cc1nccn1CCNC(=O)Nc1ccc2c(c1)OCO2. The van der Waals surface area contributed by atoms with Crippen LogP contribution in [0.2, 0.25) is 0 Å². The summed E-state index contributed by atoms with van der Waals surface area (Å²) in [6.07, 6.45) is 3.62. The van der Waals surface area contributed by atoms with E-state index >= 15 is 0 Å². The molecule has 21 heavy (non-hydrogen) atoms. The van der Waals surface area contributed by atoms with Gasteiger partial charge in [-0.2, -0.15) is 0 Å². The highest BCUT2D eigenvalue weighted by molar-refractivity contribution is 5.89. The summed E-state index contributed by atoms with van der Waals surface area (Å²) in [4.78, 5) is 15.9.